The molecule has 0 spiro atoms. The number of nitrogens with one attached hydrogen (secondary N) is 1. The first-order chi connectivity index (χ1) is 43.3. The van der Waals surface area contributed by atoms with Crippen molar-refractivity contribution in [1.82, 2.24) is 5.32 Å². The Morgan fingerprint density at radius 3 is 1.16 bits per heavy atom. The molecule has 3 fully saturated rings. The number of aliphatic hydroxyl groups is 11. The first-order valence-electron chi connectivity index (χ1n) is 35.7. The van der Waals surface area contributed by atoms with Gasteiger partial charge in [-0.3, -0.25) is 4.79 Å². The average molecular weight is 1270 g/mol. The third kappa shape index (κ3) is 34.3. The van der Waals surface area contributed by atoms with Gasteiger partial charge in [0.25, 0.3) is 0 Å². The highest BCUT2D eigenvalue weighted by atomic mass is 16.8. The Morgan fingerprint density at radius 1 is 0.404 bits per heavy atom. The SMILES string of the molecule is CCCCCC/C=C\C/C=C\CCCCCCCCCC(=O)NC(COC1OC(CO)C(OC2OC(CO)C(OC3OC(CO)C(O)C(O)C3O)C(O)C2O)C(O)C1O)C(O)/C=C/CCCCCCCCCCCCCCCCCCCCCCCCCC. The Labute approximate surface area is 536 Å². The lowest BCUT2D eigenvalue weighted by Gasteiger charge is -2.48. The molecule has 3 aliphatic rings. The van der Waals surface area contributed by atoms with Crippen molar-refractivity contribution in [3.63, 3.8) is 0 Å². The van der Waals surface area contributed by atoms with Crippen molar-refractivity contribution < 1.29 is 89.4 Å². The molecular formula is C70H129NO18. The van der Waals surface area contributed by atoms with Crippen LogP contribution in [0, 0.1) is 0 Å². The monoisotopic (exact) mass is 1270 g/mol. The molecule has 0 aromatic rings. The number of ether oxygens (including phenoxy) is 6. The molecule has 19 heteroatoms. The summed E-state index contributed by atoms with van der Waals surface area (Å²) in [5, 5.41) is 121. The standard InChI is InChI=1S/C70H129NO18/c1-3-5-7-9-11-13-15-17-19-21-23-24-25-26-27-28-29-30-31-33-35-37-39-41-43-45-47-54(75)53(71-58(76)48-46-44-42-40-38-36-34-32-22-20-18-16-14-12-10-8-6-4-2)52-84-68-64(82)61(79)66(56(50-73)86-68)89-70-65(83)62(80)67(57(51-74)87-70)88-69-63(81)60(78)59(77)55(49-72)85-69/h14,16,20,22,45,47,53-57,59-70,72-75,77-83H,3-13,15,17-19,21,23-44,46,48-52H2,1-2H3,(H,71,76)/b16-14-,22-20-,47-45+. The maximum absolute atomic E-state index is 13.4. The number of carbonyl (C=O) groups is 1. The van der Waals surface area contributed by atoms with E-state index in [0.717, 1.165) is 83.5 Å². The van der Waals surface area contributed by atoms with Gasteiger partial charge in [0, 0.05) is 6.42 Å². The van der Waals surface area contributed by atoms with Crippen molar-refractivity contribution in [3.8, 4) is 0 Å². The van der Waals surface area contributed by atoms with Crippen LogP contribution in [0.15, 0.2) is 36.5 Å². The van der Waals surface area contributed by atoms with Crippen LogP contribution in [0.3, 0.4) is 0 Å². The summed E-state index contributed by atoms with van der Waals surface area (Å²) in [5.41, 5.74) is 0. The molecule has 1 amide bonds. The van der Waals surface area contributed by atoms with Crippen molar-refractivity contribution in [2.45, 2.75) is 375 Å². The van der Waals surface area contributed by atoms with Gasteiger partial charge in [0.2, 0.25) is 5.91 Å². The van der Waals surface area contributed by atoms with Crippen molar-refractivity contribution >= 4 is 5.91 Å². The van der Waals surface area contributed by atoms with Gasteiger partial charge in [-0.1, -0.05) is 249 Å². The summed E-state index contributed by atoms with van der Waals surface area (Å²) < 4.78 is 34.4. The summed E-state index contributed by atoms with van der Waals surface area (Å²) >= 11 is 0. The summed E-state index contributed by atoms with van der Waals surface area (Å²) in [6, 6.07) is -0.978. The first kappa shape index (κ1) is 81.2. The highest BCUT2D eigenvalue weighted by molar-refractivity contribution is 5.76. The third-order valence-corrected chi connectivity index (χ3v) is 17.9. The largest absolute Gasteiger partial charge is 0.394 e. The fraction of sp³-hybridized carbons (Fsp3) is 0.900. The lowest BCUT2D eigenvalue weighted by atomic mass is 9.96. The molecule has 0 radical (unpaired) electrons. The fourth-order valence-corrected chi connectivity index (χ4v) is 12.1. The zero-order chi connectivity index (χ0) is 64.7. The van der Waals surface area contributed by atoms with E-state index in [4.69, 9.17) is 28.4 Å². The summed E-state index contributed by atoms with van der Waals surface area (Å²) in [5.74, 6) is -0.281. The molecule has 0 aromatic heterocycles. The van der Waals surface area contributed by atoms with Crippen molar-refractivity contribution in [1.29, 1.82) is 0 Å². The number of aliphatic hydroxyl groups excluding tert-OH is 11. The van der Waals surface area contributed by atoms with Crippen LogP contribution in [0.1, 0.15) is 271 Å². The summed E-state index contributed by atoms with van der Waals surface area (Å²) in [4.78, 5) is 13.4. The molecule has 89 heavy (non-hydrogen) atoms. The minimum atomic E-state index is -1.98. The molecule has 17 unspecified atom stereocenters. The maximum Gasteiger partial charge on any atom is 0.220 e. The molecular weight excluding hydrogens is 1140 g/mol. The summed E-state index contributed by atoms with van der Waals surface area (Å²) in [6.07, 6.45) is 34.0. The van der Waals surface area contributed by atoms with E-state index in [1.807, 2.05) is 6.08 Å². The van der Waals surface area contributed by atoms with Gasteiger partial charge in [0.05, 0.1) is 38.6 Å². The van der Waals surface area contributed by atoms with Gasteiger partial charge in [0.15, 0.2) is 18.9 Å². The van der Waals surface area contributed by atoms with Gasteiger partial charge in [-0.2, -0.15) is 0 Å². The highest BCUT2D eigenvalue weighted by Gasteiger charge is 2.53. The van der Waals surface area contributed by atoms with Gasteiger partial charge in [-0.05, 0) is 51.4 Å². The van der Waals surface area contributed by atoms with E-state index in [-0.39, 0.29) is 18.9 Å². The second kappa shape index (κ2) is 52.3. The van der Waals surface area contributed by atoms with E-state index in [1.165, 1.54) is 161 Å². The van der Waals surface area contributed by atoms with Gasteiger partial charge >= 0.3 is 0 Å². The van der Waals surface area contributed by atoms with Crippen LogP contribution < -0.4 is 5.32 Å². The van der Waals surface area contributed by atoms with Crippen LogP contribution in [0.25, 0.3) is 0 Å². The molecule has 3 heterocycles. The van der Waals surface area contributed by atoms with Gasteiger partial charge < -0.3 is 89.9 Å². The minimum Gasteiger partial charge on any atom is -0.394 e. The Morgan fingerprint density at radius 2 is 0.742 bits per heavy atom. The lowest BCUT2D eigenvalue weighted by molar-refractivity contribution is -0.379. The average Bonchev–Trinajstić information content (AvgIpc) is 2.47. The van der Waals surface area contributed by atoms with Gasteiger partial charge in [0.1, 0.15) is 73.2 Å². The van der Waals surface area contributed by atoms with Gasteiger partial charge in [-0.15, -0.1) is 0 Å². The van der Waals surface area contributed by atoms with Crippen molar-refractivity contribution in [2.24, 2.45) is 0 Å². The summed E-state index contributed by atoms with van der Waals surface area (Å²) in [6.45, 7) is 1.74. The minimum absolute atomic E-state index is 0.235. The highest BCUT2D eigenvalue weighted by Crippen LogP contribution is 2.33. The normalized spacial score (nSPS) is 28.4. The quantitative estimate of drug-likeness (QED) is 0.0199. The third-order valence-electron chi connectivity index (χ3n) is 17.9. The van der Waals surface area contributed by atoms with Crippen LogP contribution in [0.2, 0.25) is 0 Å². The predicted octanol–water partition coefficient (Wildman–Crippen LogP) is 9.61. The Kier molecular flexibility index (Phi) is 47.7. The van der Waals surface area contributed by atoms with Crippen molar-refractivity contribution in [3.05, 3.63) is 36.5 Å². The molecule has 0 bridgehead atoms. The maximum atomic E-state index is 13.4. The fourth-order valence-electron chi connectivity index (χ4n) is 12.1. The van der Waals surface area contributed by atoms with E-state index in [0.29, 0.717) is 6.42 Å². The number of hydrogen-bond acceptors (Lipinski definition) is 18. The molecule has 3 aliphatic heterocycles. The molecule has 19 nitrogen and oxygen atoms in total. The number of rotatable bonds is 55. The van der Waals surface area contributed by atoms with E-state index in [9.17, 15) is 61.0 Å². The molecule has 0 saturated carbocycles. The Balaban J connectivity index is 1.43. The number of allylic oxidation sites excluding steroid dienone is 5. The number of hydrogen-bond donors (Lipinski definition) is 12. The molecule has 522 valence electrons. The second-order valence-electron chi connectivity index (χ2n) is 25.7. The molecule has 17 atom stereocenters. The second-order valence-corrected chi connectivity index (χ2v) is 25.7. The number of carbonyl (C=O) groups excluding carboxylic acids is 1. The van der Waals surface area contributed by atoms with E-state index in [1.54, 1.807) is 6.08 Å². The van der Waals surface area contributed by atoms with Crippen LogP contribution in [-0.4, -0.2) is 193 Å². The van der Waals surface area contributed by atoms with E-state index in [2.05, 4.69) is 43.5 Å². The smallest absolute Gasteiger partial charge is 0.220 e. The zero-order valence-corrected chi connectivity index (χ0v) is 55.2. The Bertz CT molecular complexity index is 1760. The predicted molar refractivity (Wildman–Crippen MR) is 346 cm³/mol. The zero-order valence-electron chi connectivity index (χ0n) is 55.2. The van der Waals surface area contributed by atoms with E-state index < -0.39 is 124 Å². The van der Waals surface area contributed by atoms with Crippen LogP contribution >= 0.6 is 0 Å². The summed E-state index contributed by atoms with van der Waals surface area (Å²) in [7, 11) is 0. The lowest BCUT2D eigenvalue weighted by Crippen LogP contribution is -2.66. The molecule has 12 N–H and O–H groups in total. The van der Waals surface area contributed by atoms with Crippen LogP contribution in [0.4, 0.5) is 0 Å². The number of amides is 1. The van der Waals surface area contributed by atoms with Crippen LogP contribution in [-0.2, 0) is 33.2 Å². The molecule has 0 aromatic carbocycles. The number of unbranched alkanes of at least 4 members (excludes halogenated alkanes) is 35. The topological polar surface area (TPSA) is 307 Å². The molecule has 3 rings (SSSR count). The Hall–Kier alpha value is -1.99. The molecule has 3 saturated heterocycles. The van der Waals surface area contributed by atoms with Crippen LogP contribution in [0.5, 0.6) is 0 Å². The molecule has 0 aliphatic carbocycles. The van der Waals surface area contributed by atoms with E-state index >= 15 is 0 Å². The van der Waals surface area contributed by atoms with Gasteiger partial charge in [-0.25, -0.2) is 0 Å². The van der Waals surface area contributed by atoms with Crippen molar-refractivity contribution in [2.75, 3.05) is 26.4 Å². The first-order valence-corrected chi connectivity index (χ1v) is 35.7.